The second-order valence-electron chi connectivity index (χ2n) is 11.0. The molecule has 0 radical (unpaired) electrons. The number of sulfonamides is 1. The van der Waals surface area contributed by atoms with E-state index in [-0.39, 0.29) is 23.1 Å². The molecule has 236 valence electrons. The standard InChI is InChI=1S/C33H35FN4O6S/c1-7-20-15-26(36-30(20)19(2)43-5)33(40)38-14-8-9-22(18-38)24-16-25-28(17-27(24)37(4)45(6,41)42)44-31(29(25)32(39)35-3)21-10-12-23(34)13-11-21/h7,10-13,15-17,22,36H,1-2,8-9,14,18H2,3-6H3,(H,35,39)/t22-/m1/s1. The first-order chi connectivity index (χ1) is 21.4. The summed E-state index contributed by atoms with van der Waals surface area (Å²) in [6, 6.07) is 10.7. The summed E-state index contributed by atoms with van der Waals surface area (Å²) in [4.78, 5) is 31.7. The number of H-pyrrole nitrogens is 1. The largest absolute Gasteiger partial charge is 0.495 e. The van der Waals surface area contributed by atoms with Crippen molar-refractivity contribution in [1.29, 1.82) is 0 Å². The van der Waals surface area contributed by atoms with Crippen molar-refractivity contribution in [3.05, 3.63) is 89.5 Å². The third kappa shape index (κ3) is 5.97. The van der Waals surface area contributed by atoms with Gasteiger partial charge in [0.25, 0.3) is 11.8 Å². The van der Waals surface area contributed by atoms with Crippen LogP contribution in [0.4, 0.5) is 10.1 Å². The number of hydrogen-bond acceptors (Lipinski definition) is 6. The second kappa shape index (κ2) is 12.3. The van der Waals surface area contributed by atoms with Gasteiger partial charge in [0.2, 0.25) is 10.0 Å². The third-order valence-electron chi connectivity index (χ3n) is 8.21. The van der Waals surface area contributed by atoms with Crippen LogP contribution in [0.25, 0.3) is 34.1 Å². The zero-order valence-electron chi connectivity index (χ0n) is 25.6. The molecular formula is C33H35FN4O6S. The van der Waals surface area contributed by atoms with Crippen LogP contribution in [-0.2, 0) is 14.8 Å². The topological polar surface area (TPSA) is 125 Å². The highest BCUT2D eigenvalue weighted by molar-refractivity contribution is 7.92. The van der Waals surface area contributed by atoms with E-state index in [1.165, 1.54) is 49.8 Å². The summed E-state index contributed by atoms with van der Waals surface area (Å²) in [7, 11) is 0.745. The van der Waals surface area contributed by atoms with E-state index in [2.05, 4.69) is 23.5 Å². The van der Waals surface area contributed by atoms with Gasteiger partial charge in [0.1, 0.15) is 28.6 Å². The highest BCUT2D eigenvalue weighted by Crippen LogP contribution is 2.42. The number of amides is 2. The number of benzene rings is 2. The smallest absolute Gasteiger partial charge is 0.270 e. The molecule has 3 heterocycles. The normalized spacial score (nSPS) is 15.1. The SMILES string of the molecule is C=Cc1cc(C(=O)N2CCC[C@@H](c3cc4c(C(=O)NC)c(-c5ccc(F)cc5)oc4cc3N(C)S(C)(=O)=O)C2)[nH]c1C(=C)OC. The number of ether oxygens (including phenoxy) is 1. The number of aromatic amines is 1. The van der Waals surface area contributed by atoms with Crippen LogP contribution in [0.2, 0.25) is 0 Å². The Bertz CT molecular complexity index is 1930. The molecule has 0 aliphatic carbocycles. The molecule has 1 saturated heterocycles. The monoisotopic (exact) mass is 634 g/mol. The minimum absolute atomic E-state index is 0.230. The Kier molecular flexibility index (Phi) is 8.61. The quantitative estimate of drug-likeness (QED) is 0.231. The molecule has 0 bridgehead atoms. The van der Waals surface area contributed by atoms with Crippen LogP contribution in [0.15, 0.2) is 60.0 Å². The van der Waals surface area contributed by atoms with Crippen molar-refractivity contribution in [2.75, 3.05) is 44.9 Å². The number of anilines is 1. The van der Waals surface area contributed by atoms with Gasteiger partial charge in [-0.15, -0.1) is 0 Å². The lowest BCUT2D eigenvalue weighted by molar-refractivity contribution is 0.0701. The average Bonchev–Trinajstić information content (AvgIpc) is 3.64. The van der Waals surface area contributed by atoms with Crippen LogP contribution < -0.4 is 9.62 Å². The molecule has 10 nitrogen and oxygen atoms in total. The molecule has 0 spiro atoms. The first-order valence-electron chi connectivity index (χ1n) is 14.3. The molecule has 1 fully saturated rings. The number of carbonyl (C=O) groups is 2. The summed E-state index contributed by atoms with van der Waals surface area (Å²) < 4.78 is 51.9. The van der Waals surface area contributed by atoms with Gasteiger partial charge in [-0.05, 0) is 54.8 Å². The number of likely N-dealkylation sites (tertiary alicyclic amines) is 1. The van der Waals surface area contributed by atoms with Gasteiger partial charge in [-0.25, -0.2) is 12.8 Å². The molecule has 2 aromatic carbocycles. The van der Waals surface area contributed by atoms with Crippen molar-refractivity contribution in [2.24, 2.45) is 0 Å². The number of aromatic nitrogens is 1. The van der Waals surface area contributed by atoms with Gasteiger partial charge in [0.05, 0.1) is 30.3 Å². The Hall–Kier alpha value is -4.84. The van der Waals surface area contributed by atoms with Crippen molar-refractivity contribution in [3.63, 3.8) is 0 Å². The van der Waals surface area contributed by atoms with Gasteiger partial charge in [-0.3, -0.25) is 13.9 Å². The van der Waals surface area contributed by atoms with Gasteiger partial charge in [0, 0.05) is 55.7 Å². The van der Waals surface area contributed by atoms with Crippen LogP contribution in [0.3, 0.4) is 0 Å². The molecule has 2 N–H and O–H groups in total. The van der Waals surface area contributed by atoms with E-state index in [9.17, 15) is 22.4 Å². The first kappa shape index (κ1) is 31.6. The van der Waals surface area contributed by atoms with Gasteiger partial charge < -0.3 is 24.4 Å². The van der Waals surface area contributed by atoms with Crippen LogP contribution in [0.5, 0.6) is 0 Å². The Morgan fingerprint density at radius 1 is 1.22 bits per heavy atom. The fraction of sp³-hybridized carbons (Fsp3) is 0.273. The molecule has 2 aromatic heterocycles. The summed E-state index contributed by atoms with van der Waals surface area (Å²) in [5.74, 6) is -0.753. The molecule has 5 rings (SSSR count). The molecule has 45 heavy (non-hydrogen) atoms. The van der Waals surface area contributed by atoms with Gasteiger partial charge >= 0.3 is 0 Å². The van der Waals surface area contributed by atoms with E-state index >= 15 is 0 Å². The number of nitrogens with zero attached hydrogens (tertiary/aromatic N) is 2. The number of carbonyl (C=O) groups excluding carboxylic acids is 2. The second-order valence-corrected chi connectivity index (χ2v) is 13.0. The van der Waals surface area contributed by atoms with E-state index < -0.39 is 21.7 Å². The third-order valence-corrected chi connectivity index (χ3v) is 9.40. The minimum Gasteiger partial charge on any atom is -0.495 e. The summed E-state index contributed by atoms with van der Waals surface area (Å²) in [5.41, 5.74) is 3.64. The number of fused-ring (bicyclic) bond motifs is 1. The predicted octanol–water partition coefficient (Wildman–Crippen LogP) is 5.60. The fourth-order valence-corrected chi connectivity index (χ4v) is 6.26. The molecule has 2 amide bonds. The van der Waals surface area contributed by atoms with E-state index in [4.69, 9.17) is 9.15 Å². The number of halogens is 1. The summed E-state index contributed by atoms with van der Waals surface area (Å²) in [6.07, 6.45) is 4.06. The zero-order valence-corrected chi connectivity index (χ0v) is 26.4. The van der Waals surface area contributed by atoms with E-state index in [1.54, 1.807) is 29.2 Å². The maximum Gasteiger partial charge on any atom is 0.270 e. The predicted molar refractivity (Wildman–Crippen MR) is 173 cm³/mol. The summed E-state index contributed by atoms with van der Waals surface area (Å²) >= 11 is 0. The van der Waals surface area contributed by atoms with Crippen molar-refractivity contribution in [1.82, 2.24) is 15.2 Å². The highest BCUT2D eigenvalue weighted by Gasteiger charge is 2.32. The number of methoxy groups -OCH3 is 1. The molecule has 0 unspecified atom stereocenters. The van der Waals surface area contributed by atoms with Crippen LogP contribution in [-0.4, -0.2) is 70.7 Å². The van der Waals surface area contributed by atoms with E-state index in [1.807, 2.05) is 0 Å². The van der Waals surface area contributed by atoms with Crippen molar-refractivity contribution < 1.29 is 31.6 Å². The van der Waals surface area contributed by atoms with E-state index in [0.717, 1.165) is 6.26 Å². The Balaban J connectivity index is 1.62. The van der Waals surface area contributed by atoms with Crippen LogP contribution >= 0.6 is 0 Å². The number of nitrogens with one attached hydrogen (secondary N) is 2. The Labute approximate surface area is 261 Å². The number of hydrogen-bond donors (Lipinski definition) is 2. The first-order valence-corrected chi connectivity index (χ1v) is 16.1. The minimum atomic E-state index is -3.70. The number of rotatable bonds is 9. The lowest BCUT2D eigenvalue weighted by Crippen LogP contribution is -2.39. The fourth-order valence-electron chi connectivity index (χ4n) is 5.75. The maximum absolute atomic E-state index is 13.7. The number of furan rings is 1. The molecule has 1 atom stereocenters. The molecule has 1 aliphatic rings. The molecule has 1 aliphatic heterocycles. The van der Waals surface area contributed by atoms with Gasteiger partial charge in [-0.1, -0.05) is 19.2 Å². The van der Waals surface area contributed by atoms with Gasteiger partial charge in [-0.2, -0.15) is 0 Å². The van der Waals surface area contributed by atoms with Crippen molar-refractivity contribution >= 4 is 50.3 Å². The number of piperidine rings is 1. The highest BCUT2D eigenvalue weighted by atomic mass is 32.2. The molecule has 4 aromatic rings. The Morgan fingerprint density at radius 2 is 1.93 bits per heavy atom. The lowest BCUT2D eigenvalue weighted by atomic mass is 9.88. The maximum atomic E-state index is 13.7. The molecule has 0 saturated carbocycles. The average molecular weight is 635 g/mol. The lowest BCUT2D eigenvalue weighted by Gasteiger charge is -2.34. The van der Waals surface area contributed by atoms with Crippen molar-refractivity contribution in [3.8, 4) is 11.3 Å². The summed E-state index contributed by atoms with van der Waals surface area (Å²) in [6.45, 7) is 8.50. The Morgan fingerprint density at radius 3 is 2.56 bits per heavy atom. The van der Waals surface area contributed by atoms with Gasteiger partial charge in [0.15, 0.2) is 0 Å². The summed E-state index contributed by atoms with van der Waals surface area (Å²) in [5, 5.41) is 3.12. The van der Waals surface area contributed by atoms with Crippen molar-refractivity contribution in [2.45, 2.75) is 18.8 Å². The zero-order chi connectivity index (χ0) is 32.6. The molecular weight excluding hydrogens is 599 g/mol. The van der Waals surface area contributed by atoms with E-state index in [0.29, 0.717) is 76.4 Å². The molecule has 12 heteroatoms. The van der Waals surface area contributed by atoms with Crippen LogP contribution in [0, 0.1) is 5.82 Å². The van der Waals surface area contributed by atoms with Crippen LogP contribution in [0.1, 0.15) is 56.4 Å².